The molecule has 0 aromatic heterocycles. The van der Waals surface area contributed by atoms with Crippen LogP contribution in [0.5, 0.6) is 0 Å². The van der Waals surface area contributed by atoms with Crippen LogP contribution in [-0.4, -0.2) is 22.3 Å². The van der Waals surface area contributed by atoms with Gasteiger partial charge in [-0.25, -0.2) is 4.79 Å². The Hall–Kier alpha value is -2.13. The molecule has 0 heterocycles. The van der Waals surface area contributed by atoms with Crippen molar-refractivity contribution >= 4 is 5.97 Å². The van der Waals surface area contributed by atoms with Crippen molar-refractivity contribution in [3.63, 3.8) is 0 Å². The van der Waals surface area contributed by atoms with E-state index in [9.17, 15) is 9.90 Å². The van der Waals surface area contributed by atoms with Gasteiger partial charge in [-0.15, -0.1) is 0 Å². The van der Waals surface area contributed by atoms with Gasteiger partial charge in [0.05, 0.1) is 6.10 Å². The van der Waals surface area contributed by atoms with Crippen molar-refractivity contribution in [1.29, 1.82) is 0 Å². The van der Waals surface area contributed by atoms with Gasteiger partial charge in [-0.3, -0.25) is 0 Å². The maximum absolute atomic E-state index is 11.1. The van der Waals surface area contributed by atoms with E-state index >= 15 is 0 Å². The monoisotopic (exact) mass is 741 g/mol. The molecular formula is C51H80O3. The summed E-state index contributed by atoms with van der Waals surface area (Å²) in [4.78, 5) is 10.4. The maximum atomic E-state index is 11.1. The molecule has 0 amide bonds. The fraction of sp³-hybridized carbons (Fsp3) is 0.745. The Kier molecular flexibility index (Phi) is 14.3. The highest BCUT2D eigenvalue weighted by molar-refractivity contribution is 5.80. The Morgan fingerprint density at radius 2 is 1.28 bits per heavy atom. The third-order valence-electron chi connectivity index (χ3n) is 17.0. The Morgan fingerprint density at radius 3 is 1.94 bits per heavy atom. The molecule has 4 fully saturated rings. The number of unbranched alkanes of at least 4 members (excludes halogenated alkanes) is 9. The second-order valence-electron chi connectivity index (χ2n) is 21.0. The number of aliphatic carboxylic acids is 1. The Labute approximate surface area is 332 Å². The summed E-state index contributed by atoms with van der Waals surface area (Å²) < 4.78 is 0. The standard InChI is InChI=1S/C51H80O3/c1-46(2)35-37-51(32-26-24-22-20-18-16-14-12-10-8-9-11-13-15-17-19-21-23-25-27-45(53)54)38-36-49(6)40(41(51)39-46)28-29-43-48(5)33-31-44(52)47(3,4)42(48)30-34-50(43,49)7/h9,11,13,15,17,19,21,23,25,27-28,41-44,52H,8,10,12,14,16,18,20,22,24,26,29-39H2,1-7H3,(H,53,54)/b11-9+,15-13+,19-17+,23-21+,27-25+/t41-,42-,43+,44-,48-,49+,50+,51+/m0/s1. The Morgan fingerprint density at radius 1 is 0.685 bits per heavy atom. The number of carbonyl (C=O) groups is 1. The molecule has 0 aliphatic heterocycles. The fourth-order valence-electron chi connectivity index (χ4n) is 13.5. The van der Waals surface area contributed by atoms with Crippen molar-refractivity contribution in [3.8, 4) is 0 Å². The van der Waals surface area contributed by atoms with Gasteiger partial charge in [0.25, 0.3) is 0 Å². The quantitative estimate of drug-likeness (QED) is 0.0676. The predicted octanol–water partition coefficient (Wildman–Crippen LogP) is 14.3. The molecule has 5 aliphatic carbocycles. The average Bonchev–Trinajstić information content (AvgIpc) is 3.11. The van der Waals surface area contributed by atoms with E-state index in [0.717, 1.165) is 30.8 Å². The lowest BCUT2D eigenvalue weighted by atomic mass is 9.33. The molecule has 4 saturated carbocycles. The molecule has 54 heavy (non-hydrogen) atoms. The van der Waals surface area contributed by atoms with Crippen molar-refractivity contribution in [2.45, 2.75) is 189 Å². The molecule has 5 aliphatic rings. The van der Waals surface area contributed by atoms with Crippen LogP contribution in [0.1, 0.15) is 183 Å². The molecule has 3 nitrogen and oxygen atoms in total. The molecule has 8 atom stereocenters. The number of aliphatic hydroxyl groups is 1. The highest BCUT2D eigenvalue weighted by Gasteiger charge is 2.68. The zero-order chi connectivity index (χ0) is 39.1. The number of carboxylic acids is 1. The van der Waals surface area contributed by atoms with Gasteiger partial charge in [-0.05, 0) is 134 Å². The van der Waals surface area contributed by atoms with Gasteiger partial charge in [-0.2, -0.15) is 0 Å². The van der Waals surface area contributed by atoms with Crippen LogP contribution in [0.3, 0.4) is 0 Å². The summed E-state index contributed by atoms with van der Waals surface area (Å²) in [6.45, 7) is 18.1. The van der Waals surface area contributed by atoms with Crippen LogP contribution in [-0.2, 0) is 4.79 Å². The SMILES string of the molecule is CC1(C)CC[C@]2(CCCCCCCCCCC/C=C/C=C/C=C/C=C/C=C/C(=O)O)CC[C@]3(C)C(=CC[C@@H]4[C@@]5(C)CC[C@H](O)C(C)(C)[C@@H]5CC[C@]43C)[C@@H]2C1. The minimum atomic E-state index is -0.929. The van der Waals surface area contributed by atoms with Crippen LogP contribution in [0.4, 0.5) is 0 Å². The lowest BCUT2D eigenvalue weighted by Crippen LogP contribution is -2.64. The molecule has 302 valence electrons. The highest BCUT2D eigenvalue weighted by Crippen LogP contribution is 2.76. The summed E-state index contributed by atoms with van der Waals surface area (Å²) in [6, 6.07) is 0. The van der Waals surface area contributed by atoms with Gasteiger partial charge in [0.15, 0.2) is 0 Å². The summed E-state index contributed by atoms with van der Waals surface area (Å²) in [7, 11) is 0. The van der Waals surface area contributed by atoms with E-state index in [1.54, 1.807) is 6.08 Å². The first-order valence-corrected chi connectivity index (χ1v) is 22.6. The lowest BCUT2D eigenvalue weighted by Gasteiger charge is -2.71. The third-order valence-corrected chi connectivity index (χ3v) is 17.0. The van der Waals surface area contributed by atoms with Crippen LogP contribution in [0.25, 0.3) is 0 Å². The summed E-state index contributed by atoms with van der Waals surface area (Å²) >= 11 is 0. The normalized spacial score (nSPS) is 37.4. The maximum Gasteiger partial charge on any atom is 0.328 e. The average molecular weight is 741 g/mol. The molecule has 0 aromatic carbocycles. The summed E-state index contributed by atoms with van der Waals surface area (Å²) in [5.74, 6) is 1.21. The summed E-state index contributed by atoms with van der Waals surface area (Å²) in [5.41, 5.74) is 3.94. The molecule has 0 unspecified atom stereocenters. The second kappa shape index (κ2) is 18.0. The Bertz CT molecular complexity index is 1440. The molecule has 0 saturated heterocycles. The zero-order valence-electron chi connectivity index (χ0n) is 35.8. The van der Waals surface area contributed by atoms with Gasteiger partial charge in [-0.1, -0.05) is 166 Å². The van der Waals surface area contributed by atoms with Gasteiger partial charge in [0.1, 0.15) is 0 Å². The lowest BCUT2D eigenvalue weighted by molar-refractivity contribution is -0.203. The van der Waals surface area contributed by atoms with Crippen LogP contribution in [0.15, 0.2) is 72.4 Å². The Balaban J connectivity index is 1.05. The number of carboxylic acid groups (broad SMARTS) is 1. The van der Waals surface area contributed by atoms with Crippen LogP contribution in [0, 0.1) is 50.2 Å². The molecule has 2 N–H and O–H groups in total. The first-order valence-electron chi connectivity index (χ1n) is 22.6. The van der Waals surface area contributed by atoms with Crippen LogP contribution >= 0.6 is 0 Å². The van der Waals surface area contributed by atoms with E-state index in [1.165, 1.54) is 128 Å². The smallest absolute Gasteiger partial charge is 0.328 e. The van der Waals surface area contributed by atoms with Crippen molar-refractivity contribution in [2.24, 2.45) is 50.2 Å². The largest absolute Gasteiger partial charge is 0.478 e. The molecule has 0 spiro atoms. The van der Waals surface area contributed by atoms with E-state index in [-0.39, 0.29) is 11.5 Å². The fourth-order valence-corrected chi connectivity index (χ4v) is 13.5. The van der Waals surface area contributed by atoms with Gasteiger partial charge >= 0.3 is 5.97 Å². The van der Waals surface area contributed by atoms with E-state index in [0.29, 0.717) is 33.0 Å². The van der Waals surface area contributed by atoms with Gasteiger partial charge in [0.2, 0.25) is 0 Å². The van der Waals surface area contributed by atoms with Crippen molar-refractivity contribution in [1.82, 2.24) is 0 Å². The first-order chi connectivity index (χ1) is 25.6. The second-order valence-corrected chi connectivity index (χ2v) is 21.0. The van der Waals surface area contributed by atoms with Crippen LogP contribution in [0.2, 0.25) is 0 Å². The number of hydrogen-bond acceptors (Lipinski definition) is 2. The number of allylic oxidation sites excluding steroid dienone is 11. The van der Waals surface area contributed by atoms with Crippen molar-refractivity contribution in [2.75, 3.05) is 0 Å². The molecule has 0 radical (unpaired) electrons. The first kappa shape index (κ1) is 43.0. The van der Waals surface area contributed by atoms with Gasteiger partial charge < -0.3 is 10.2 Å². The minimum Gasteiger partial charge on any atom is -0.478 e. The van der Waals surface area contributed by atoms with Crippen molar-refractivity contribution < 1.29 is 15.0 Å². The van der Waals surface area contributed by atoms with Crippen molar-refractivity contribution in [3.05, 3.63) is 72.4 Å². The number of rotatable bonds is 17. The van der Waals surface area contributed by atoms with E-state index in [1.807, 2.05) is 29.9 Å². The van der Waals surface area contributed by atoms with E-state index in [2.05, 4.69) is 72.8 Å². The van der Waals surface area contributed by atoms with E-state index < -0.39 is 5.97 Å². The minimum absolute atomic E-state index is 0.0241. The third kappa shape index (κ3) is 9.19. The molecule has 0 bridgehead atoms. The predicted molar refractivity (Wildman–Crippen MR) is 229 cm³/mol. The number of aliphatic hydroxyl groups excluding tert-OH is 1. The van der Waals surface area contributed by atoms with E-state index in [4.69, 9.17) is 5.11 Å². The van der Waals surface area contributed by atoms with Crippen LogP contribution < -0.4 is 0 Å². The zero-order valence-corrected chi connectivity index (χ0v) is 35.8. The highest BCUT2D eigenvalue weighted by atomic mass is 16.4. The summed E-state index contributed by atoms with van der Waals surface area (Å²) in [6.07, 6.45) is 49.4. The molecule has 5 rings (SSSR count). The number of hydrogen-bond donors (Lipinski definition) is 2. The van der Waals surface area contributed by atoms with Gasteiger partial charge in [0, 0.05) is 6.08 Å². The summed E-state index contributed by atoms with van der Waals surface area (Å²) in [5, 5.41) is 19.7. The molecule has 0 aromatic rings. The topological polar surface area (TPSA) is 57.5 Å². The molecule has 3 heteroatoms. The molecular weight excluding hydrogens is 661 g/mol. The number of fused-ring (bicyclic) bond motifs is 7.